The number of nitro groups is 1. The quantitative estimate of drug-likeness (QED) is 0.640. The third kappa shape index (κ3) is 3.06. The summed E-state index contributed by atoms with van der Waals surface area (Å²) in [5, 5.41) is 25.1. The lowest BCUT2D eigenvalue weighted by Crippen LogP contribution is -2.09. The van der Waals surface area contributed by atoms with Gasteiger partial charge in [-0.05, 0) is 6.92 Å². The van der Waals surface area contributed by atoms with Crippen LogP contribution in [0, 0.1) is 17.0 Å². The molecule has 0 aromatic carbocycles. The summed E-state index contributed by atoms with van der Waals surface area (Å²) in [6.45, 7) is 2.16. The fourth-order valence-electron chi connectivity index (χ4n) is 1.50. The number of anilines is 1. The molecule has 0 saturated carbocycles. The highest BCUT2D eigenvalue weighted by molar-refractivity contribution is 7.09. The van der Waals surface area contributed by atoms with E-state index in [0.717, 1.165) is 23.0 Å². The van der Waals surface area contributed by atoms with Gasteiger partial charge in [0.2, 0.25) is 0 Å². The van der Waals surface area contributed by atoms with Gasteiger partial charge in [-0.2, -0.15) is 0 Å². The first-order valence-corrected chi connectivity index (χ1v) is 6.38. The summed E-state index contributed by atoms with van der Waals surface area (Å²) in [5.41, 5.74) is 0.271. The second-order valence-electron chi connectivity index (χ2n) is 3.89. The smallest absolute Gasteiger partial charge is 0.339 e. The number of thiazole rings is 1. The fourth-order valence-corrected chi connectivity index (χ4v) is 2.21. The average Bonchev–Trinajstić information content (AvgIpc) is 2.81. The summed E-state index contributed by atoms with van der Waals surface area (Å²) >= 11 is 1.43. The number of pyridine rings is 1. The van der Waals surface area contributed by atoms with Crippen molar-refractivity contribution in [3.63, 3.8) is 0 Å². The predicted molar refractivity (Wildman–Crippen MR) is 72.0 cm³/mol. The number of carboxylic acid groups (broad SMARTS) is 1. The van der Waals surface area contributed by atoms with E-state index in [-0.39, 0.29) is 17.1 Å². The SMILES string of the molecule is Cc1csc(CNc2ncc([N+](=O)[O-])cc2C(=O)O)n1. The van der Waals surface area contributed by atoms with Crippen LogP contribution in [0.5, 0.6) is 0 Å². The molecule has 0 radical (unpaired) electrons. The molecular weight excluding hydrogens is 284 g/mol. The van der Waals surface area contributed by atoms with E-state index in [2.05, 4.69) is 15.3 Å². The number of carboxylic acids is 1. The van der Waals surface area contributed by atoms with Crippen molar-refractivity contribution in [2.75, 3.05) is 5.32 Å². The van der Waals surface area contributed by atoms with E-state index in [0.29, 0.717) is 6.54 Å². The van der Waals surface area contributed by atoms with E-state index in [4.69, 9.17) is 5.11 Å². The van der Waals surface area contributed by atoms with Gasteiger partial charge in [0.25, 0.3) is 5.69 Å². The van der Waals surface area contributed by atoms with Crippen LogP contribution in [0.4, 0.5) is 11.5 Å². The molecule has 2 N–H and O–H groups in total. The number of hydrogen-bond donors (Lipinski definition) is 2. The minimum absolute atomic E-state index is 0.0796. The van der Waals surface area contributed by atoms with Crippen LogP contribution in [0.3, 0.4) is 0 Å². The number of nitrogens with zero attached hydrogens (tertiary/aromatic N) is 3. The van der Waals surface area contributed by atoms with Gasteiger partial charge >= 0.3 is 5.97 Å². The maximum atomic E-state index is 11.1. The van der Waals surface area contributed by atoms with Gasteiger partial charge in [0, 0.05) is 17.1 Å². The average molecular weight is 294 g/mol. The summed E-state index contributed by atoms with van der Waals surface area (Å²) in [5.74, 6) is -1.20. The highest BCUT2D eigenvalue weighted by Gasteiger charge is 2.17. The lowest BCUT2D eigenvalue weighted by atomic mass is 10.2. The molecule has 0 saturated heterocycles. The van der Waals surface area contributed by atoms with Gasteiger partial charge < -0.3 is 10.4 Å². The summed E-state index contributed by atoms with van der Waals surface area (Å²) < 4.78 is 0. The molecule has 8 nitrogen and oxygen atoms in total. The Balaban J connectivity index is 2.22. The van der Waals surface area contributed by atoms with E-state index in [1.165, 1.54) is 11.3 Å². The number of aromatic nitrogens is 2. The summed E-state index contributed by atoms with van der Waals surface area (Å²) in [6.07, 6.45) is 1.02. The molecule has 0 spiro atoms. The molecule has 0 unspecified atom stereocenters. The topological polar surface area (TPSA) is 118 Å². The van der Waals surface area contributed by atoms with Crippen molar-refractivity contribution >= 4 is 28.8 Å². The Morgan fingerprint density at radius 2 is 2.35 bits per heavy atom. The third-order valence-electron chi connectivity index (χ3n) is 2.39. The number of hydrogen-bond acceptors (Lipinski definition) is 7. The molecule has 0 amide bonds. The van der Waals surface area contributed by atoms with Crippen molar-refractivity contribution < 1.29 is 14.8 Å². The molecule has 0 atom stereocenters. The van der Waals surface area contributed by atoms with Crippen LogP contribution in [0.25, 0.3) is 0 Å². The van der Waals surface area contributed by atoms with Gasteiger partial charge in [-0.25, -0.2) is 14.8 Å². The summed E-state index contributed by atoms with van der Waals surface area (Å²) in [7, 11) is 0. The number of rotatable bonds is 5. The highest BCUT2D eigenvalue weighted by Crippen LogP contribution is 2.20. The lowest BCUT2D eigenvalue weighted by molar-refractivity contribution is -0.385. The Morgan fingerprint density at radius 3 is 2.90 bits per heavy atom. The maximum Gasteiger partial charge on any atom is 0.339 e. The number of aryl methyl sites for hydroxylation is 1. The van der Waals surface area contributed by atoms with Crippen LogP contribution in [-0.4, -0.2) is 26.0 Å². The van der Waals surface area contributed by atoms with Crippen molar-refractivity contribution in [3.05, 3.63) is 44.0 Å². The van der Waals surface area contributed by atoms with Gasteiger partial charge in [-0.1, -0.05) is 0 Å². The lowest BCUT2D eigenvalue weighted by Gasteiger charge is -2.06. The molecule has 104 valence electrons. The predicted octanol–water partition coefficient (Wildman–Crippen LogP) is 2.07. The molecule has 0 bridgehead atoms. The highest BCUT2D eigenvalue weighted by atomic mass is 32.1. The van der Waals surface area contributed by atoms with E-state index >= 15 is 0 Å². The third-order valence-corrected chi connectivity index (χ3v) is 3.35. The molecule has 0 aliphatic rings. The number of aromatic carboxylic acids is 1. The zero-order chi connectivity index (χ0) is 14.7. The van der Waals surface area contributed by atoms with Crippen molar-refractivity contribution in [1.29, 1.82) is 0 Å². The Morgan fingerprint density at radius 1 is 1.60 bits per heavy atom. The molecule has 2 rings (SSSR count). The normalized spacial score (nSPS) is 10.2. The first-order chi connectivity index (χ1) is 9.47. The minimum atomic E-state index is -1.28. The summed E-state index contributed by atoms with van der Waals surface area (Å²) in [4.78, 5) is 29.0. The van der Waals surface area contributed by atoms with Gasteiger partial charge in [0.1, 0.15) is 22.6 Å². The van der Waals surface area contributed by atoms with E-state index in [1.54, 1.807) is 0 Å². The first-order valence-electron chi connectivity index (χ1n) is 5.50. The second-order valence-corrected chi connectivity index (χ2v) is 4.83. The van der Waals surface area contributed by atoms with Crippen LogP contribution in [0.15, 0.2) is 17.6 Å². The molecular formula is C11H10N4O4S. The molecule has 2 aromatic rings. The fraction of sp³-hybridized carbons (Fsp3) is 0.182. The maximum absolute atomic E-state index is 11.1. The van der Waals surface area contributed by atoms with Crippen LogP contribution >= 0.6 is 11.3 Å². The van der Waals surface area contributed by atoms with Gasteiger partial charge in [0.05, 0.1) is 11.5 Å². The molecule has 0 aliphatic heterocycles. The van der Waals surface area contributed by atoms with E-state index < -0.39 is 10.9 Å². The molecule has 20 heavy (non-hydrogen) atoms. The summed E-state index contributed by atoms with van der Waals surface area (Å²) in [6, 6.07) is 0.977. The van der Waals surface area contributed by atoms with Gasteiger partial charge in [-0.3, -0.25) is 10.1 Å². The van der Waals surface area contributed by atoms with Crippen molar-refractivity contribution in [3.8, 4) is 0 Å². The Kier molecular flexibility index (Phi) is 3.89. The first kappa shape index (κ1) is 13.9. The van der Waals surface area contributed by atoms with Crippen molar-refractivity contribution in [2.24, 2.45) is 0 Å². The second kappa shape index (κ2) is 5.61. The van der Waals surface area contributed by atoms with Crippen molar-refractivity contribution in [2.45, 2.75) is 13.5 Å². The Labute approximate surface area is 117 Å². The monoisotopic (exact) mass is 294 g/mol. The molecule has 0 fully saturated rings. The van der Waals surface area contributed by atoms with E-state index in [9.17, 15) is 14.9 Å². The van der Waals surface area contributed by atoms with Crippen LogP contribution in [0.2, 0.25) is 0 Å². The van der Waals surface area contributed by atoms with E-state index in [1.807, 2.05) is 12.3 Å². The molecule has 9 heteroatoms. The minimum Gasteiger partial charge on any atom is -0.478 e. The van der Waals surface area contributed by atoms with Gasteiger partial charge in [0.15, 0.2) is 0 Å². The Bertz CT molecular complexity index is 670. The standard InChI is InChI=1S/C11H10N4O4S/c1-6-5-20-9(14-6)4-13-10-8(11(16)17)2-7(3-12-10)15(18)19/h2-3,5H,4H2,1H3,(H,12,13)(H,16,17). The molecule has 2 heterocycles. The van der Waals surface area contributed by atoms with Crippen molar-refractivity contribution in [1.82, 2.24) is 9.97 Å². The zero-order valence-electron chi connectivity index (χ0n) is 10.4. The van der Waals surface area contributed by atoms with Crippen LogP contribution < -0.4 is 5.32 Å². The number of nitrogens with one attached hydrogen (secondary N) is 1. The Hall–Kier alpha value is -2.55. The van der Waals surface area contributed by atoms with Crippen LogP contribution in [-0.2, 0) is 6.54 Å². The molecule has 2 aromatic heterocycles. The molecule has 0 aliphatic carbocycles. The van der Waals surface area contributed by atoms with Crippen LogP contribution in [0.1, 0.15) is 21.1 Å². The zero-order valence-corrected chi connectivity index (χ0v) is 11.2. The van der Waals surface area contributed by atoms with Gasteiger partial charge in [-0.15, -0.1) is 11.3 Å². The largest absolute Gasteiger partial charge is 0.478 e. The number of carbonyl (C=O) groups is 1.